The molecule has 0 aliphatic carbocycles. The summed E-state index contributed by atoms with van der Waals surface area (Å²) in [4.78, 5) is 0. The third kappa shape index (κ3) is 2.00. The lowest BCUT2D eigenvalue weighted by Crippen LogP contribution is -2.49. The normalized spacial score (nSPS) is 11.7. The van der Waals surface area contributed by atoms with E-state index in [1.807, 2.05) is 13.0 Å². The Labute approximate surface area is 92.8 Å². The van der Waals surface area contributed by atoms with Crippen molar-refractivity contribution >= 4 is 5.69 Å². The summed E-state index contributed by atoms with van der Waals surface area (Å²) in [6.45, 7) is 11.8. The van der Waals surface area contributed by atoms with Gasteiger partial charge in [0.25, 0.3) is 0 Å². The Morgan fingerprint density at radius 3 is 2.07 bits per heavy atom. The van der Waals surface area contributed by atoms with Crippen molar-refractivity contribution in [1.29, 1.82) is 0 Å². The molecule has 0 aliphatic heterocycles. The average molecular weight is 208 g/mol. The number of hydrogen-bond donors (Lipinski definition) is 1. The summed E-state index contributed by atoms with van der Waals surface area (Å²) in [6.07, 6.45) is 0. The van der Waals surface area contributed by atoms with Gasteiger partial charge in [0.1, 0.15) is 11.4 Å². The molecule has 0 heterocycles. The first-order valence-corrected chi connectivity index (χ1v) is 5.76. The maximum absolute atomic E-state index is 9.74. The Hall–Kier alpha value is -1.02. The summed E-state index contributed by atoms with van der Waals surface area (Å²) in [6, 6.07) is 5.83. The highest BCUT2D eigenvalue weighted by molar-refractivity contribution is 5.55. The van der Waals surface area contributed by atoms with Crippen LogP contribution in [0.4, 0.5) is 5.69 Å². The van der Waals surface area contributed by atoms with E-state index in [1.54, 1.807) is 6.07 Å². The number of quaternary nitrogens is 1. The summed E-state index contributed by atoms with van der Waals surface area (Å²) in [5.74, 6) is 0.408. The summed E-state index contributed by atoms with van der Waals surface area (Å²) >= 11 is 0. The minimum Gasteiger partial charge on any atom is -0.507 e. The van der Waals surface area contributed by atoms with Crippen LogP contribution in [0.1, 0.15) is 26.3 Å². The molecule has 2 heteroatoms. The minimum atomic E-state index is 0.408. The van der Waals surface area contributed by atoms with Crippen molar-refractivity contribution in [3.63, 3.8) is 0 Å². The van der Waals surface area contributed by atoms with Gasteiger partial charge in [-0.05, 0) is 39.8 Å². The summed E-state index contributed by atoms with van der Waals surface area (Å²) < 4.78 is 0.945. The molecule has 0 spiro atoms. The Morgan fingerprint density at radius 1 is 1.07 bits per heavy atom. The monoisotopic (exact) mass is 208 g/mol. The Bertz CT molecular complexity index is 321. The molecule has 2 nitrogen and oxygen atoms in total. The lowest BCUT2D eigenvalue weighted by atomic mass is 10.1. The van der Waals surface area contributed by atoms with E-state index >= 15 is 0 Å². The van der Waals surface area contributed by atoms with Crippen LogP contribution in [0.3, 0.4) is 0 Å². The smallest absolute Gasteiger partial charge is 0.139 e. The summed E-state index contributed by atoms with van der Waals surface area (Å²) in [5, 5.41) is 9.74. The van der Waals surface area contributed by atoms with Gasteiger partial charge in [-0.2, -0.15) is 0 Å². The highest BCUT2D eigenvalue weighted by Crippen LogP contribution is 2.32. The second-order valence-electron chi connectivity index (χ2n) is 4.02. The third-order valence-corrected chi connectivity index (χ3v) is 3.60. The van der Waals surface area contributed by atoms with Gasteiger partial charge in [-0.3, -0.25) is 4.48 Å². The van der Waals surface area contributed by atoms with Crippen LogP contribution in [-0.2, 0) is 0 Å². The molecule has 1 aromatic carbocycles. The van der Waals surface area contributed by atoms with Crippen LogP contribution in [0, 0.1) is 6.92 Å². The van der Waals surface area contributed by atoms with Crippen molar-refractivity contribution in [2.45, 2.75) is 27.7 Å². The lowest BCUT2D eigenvalue weighted by Gasteiger charge is -2.36. The lowest BCUT2D eigenvalue weighted by molar-refractivity contribution is 0.313. The number of phenols is 1. The molecule has 0 aromatic heterocycles. The molecule has 0 saturated carbocycles. The van der Waals surface area contributed by atoms with Crippen LogP contribution in [0.15, 0.2) is 18.2 Å². The predicted octanol–water partition coefficient (Wildman–Crippen LogP) is 3.07. The standard InChI is InChI=1S/C13H21NO/c1-5-14(6-2,7-3)12-9-8-10-13(15)11(12)4/h8-10H,5-7H2,1-4H3/p+1. The zero-order valence-corrected chi connectivity index (χ0v) is 10.2. The first kappa shape index (κ1) is 12.1. The molecular formula is C13H22NO+. The van der Waals surface area contributed by atoms with Crippen molar-refractivity contribution in [3.05, 3.63) is 23.8 Å². The highest BCUT2D eigenvalue weighted by atomic mass is 16.3. The van der Waals surface area contributed by atoms with Gasteiger partial charge < -0.3 is 5.11 Å². The Balaban J connectivity index is 3.28. The fraction of sp³-hybridized carbons (Fsp3) is 0.538. The van der Waals surface area contributed by atoms with Crippen molar-refractivity contribution in [2.24, 2.45) is 0 Å². The maximum Gasteiger partial charge on any atom is 0.139 e. The van der Waals surface area contributed by atoms with E-state index in [0.717, 1.165) is 29.7 Å². The molecule has 0 radical (unpaired) electrons. The zero-order chi connectivity index (χ0) is 11.5. The number of hydrogen-bond acceptors (Lipinski definition) is 1. The van der Waals surface area contributed by atoms with Gasteiger partial charge in [-0.15, -0.1) is 0 Å². The van der Waals surface area contributed by atoms with Crippen LogP contribution in [0.5, 0.6) is 5.75 Å². The summed E-state index contributed by atoms with van der Waals surface area (Å²) in [5.41, 5.74) is 2.27. The number of phenolic OH excluding ortho intramolecular Hbond substituents is 1. The van der Waals surface area contributed by atoms with Crippen molar-refractivity contribution < 1.29 is 5.11 Å². The molecule has 15 heavy (non-hydrogen) atoms. The first-order valence-electron chi connectivity index (χ1n) is 5.76. The average Bonchev–Trinajstić information content (AvgIpc) is 2.27. The number of nitrogens with zero attached hydrogens (tertiary/aromatic N) is 1. The van der Waals surface area contributed by atoms with Crippen LogP contribution >= 0.6 is 0 Å². The molecule has 1 N–H and O–H groups in total. The molecule has 0 unspecified atom stereocenters. The number of benzene rings is 1. The molecule has 0 amide bonds. The first-order chi connectivity index (χ1) is 7.11. The molecule has 0 atom stereocenters. The number of aromatic hydroxyl groups is 1. The predicted molar refractivity (Wildman–Crippen MR) is 66.3 cm³/mol. The van der Waals surface area contributed by atoms with E-state index in [4.69, 9.17) is 0 Å². The molecule has 0 fully saturated rings. The quantitative estimate of drug-likeness (QED) is 0.754. The third-order valence-electron chi connectivity index (χ3n) is 3.60. The van der Waals surface area contributed by atoms with Crippen LogP contribution in [0.2, 0.25) is 0 Å². The van der Waals surface area contributed by atoms with Crippen molar-refractivity contribution in [1.82, 2.24) is 4.48 Å². The second kappa shape index (κ2) is 4.67. The largest absolute Gasteiger partial charge is 0.507 e. The Kier molecular flexibility index (Phi) is 3.75. The van der Waals surface area contributed by atoms with E-state index in [2.05, 4.69) is 26.8 Å². The van der Waals surface area contributed by atoms with E-state index in [1.165, 1.54) is 5.69 Å². The van der Waals surface area contributed by atoms with E-state index in [9.17, 15) is 5.11 Å². The molecule has 0 saturated heterocycles. The topological polar surface area (TPSA) is 20.2 Å². The van der Waals surface area contributed by atoms with Gasteiger partial charge in [-0.1, -0.05) is 6.07 Å². The second-order valence-corrected chi connectivity index (χ2v) is 4.02. The van der Waals surface area contributed by atoms with Crippen LogP contribution < -0.4 is 4.48 Å². The van der Waals surface area contributed by atoms with Gasteiger partial charge >= 0.3 is 0 Å². The fourth-order valence-corrected chi connectivity index (χ4v) is 2.31. The minimum absolute atomic E-state index is 0.408. The van der Waals surface area contributed by atoms with Gasteiger partial charge in [0.15, 0.2) is 0 Å². The molecule has 0 bridgehead atoms. The van der Waals surface area contributed by atoms with Crippen molar-refractivity contribution in [2.75, 3.05) is 19.6 Å². The maximum atomic E-state index is 9.74. The summed E-state index contributed by atoms with van der Waals surface area (Å²) in [7, 11) is 0. The molecule has 1 rings (SSSR count). The van der Waals surface area contributed by atoms with Crippen molar-refractivity contribution in [3.8, 4) is 5.75 Å². The van der Waals surface area contributed by atoms with Gasteiger partial charge in [0.2, 0.25) is 0 Å². The highest BCUT2D eigenvalue weighted by Gasteiger charge is 2.26. The Morgan fingerprint density at radius 2 is 1.60 bits per heavy atom. The SMILES string of the molecule is CC[N+](CC)(CC)c1cccc(O)c1C. The van der Waals surface area contributed by atoms with Crippen LogP contribution in [-0.4, -0.2) is 24.7 Å². The van der Waals surface area contributed by atoms with E-state index in [0.29, 0.717) is 5.75 Å². The number of rotatable bonds is 4. The van der Waals surface area contributed by atoms with E-state index < -0.39 is 0 Å². The van der Waals surface area contributed by atoms with E-state index in [-0.39, 0.29) is 0 Å². The molecule has 0 aliphatic rings. The molecule has 84 valence electrons. The fourth-order valence-electron chi connectivity index (χ4n) is 2.31. The van der Waals surface area contributed by atoms with Gasteiger partial charge in [0.05, 0.1) is 25.2 Å². The molecular weight excluding hydrogens is 186 g/mol. The van der Waals surface area contributed by atoms with Gasteiger partial charge in [0, 0.05) is 0 Å². The zero-order valence-electron chi connectivity index (χ0n) is 10.2. The molecule has 1 aromatic rings. The van der Waals surface area contributed by atoms with Gasteiger partial charge in [-0.25, -0.2) is 0 Å². The van der Waals surface area contributed by atoms with Crippen LogP contribution in [0.25, 0.3) is 0 Å².